The molecule has 2 aromatic heterocycles. The number of nitrogens with zero attached hydrogens (tertiary/aromatic N) is 2. The van der Waals surface area contributed by atoms with Gasteiger partial charge in [0.05, 0.1) is 12.4 Å². The van der Waals surface area contributed by atoms with E-state index in [4.69, 9.17) is 5.73 Å². The van der Waals surface area contributed by atoms with Crippen LogP contribution in [0.15, 0.2) is 28.2 Å². The molecule has 1 fully saturated rings. The fourth-order valence-corrected chi connectivity index (χ4v) is 3.26. The summed E-state index contributed by atoms with van der Waals surface area (Å²) in [7, 11) is 0. The van der Waals surface area contributed by atoms with E-state index >= 15 is 0 Å². The molecule has 12 heteroatoms. The Morgan fingerprint density at radius 2 is 2.18 bits per heavy atom. The maximum absolute atomic E-state index is 13.1. The molecule has 28 heavy (non-hydrogen) atoms. The van der Waals surface area contributed by atoms with Crippen molar-refractivity contribution in [1.29, 1.82) is 0 Å². The molecule has 1 saturated heterocycles. The lowest BCUT2D eigenvalue weighted by molar-refractivity contribution is -0.136. The number of nitrogens with one attached hydrogen (secondary N) is 4. The Morgan fingerprint density at radius 3 is 2.82 bits per heavy atom. The van der Waals surface area contributed by atoms with Crippen LogP contribution >= 0.6 is 0 Å². The van der Waals surface area contributed by atoms with Gasteiger partial charge in [0.1, 0.15) is 18.0 Å². The van der Waals surface area contributed by atoms with E-state index in [-0.39, 0.29) is 12.1 Å². The SMILES string of the molecule is NC(O)C1CCCN1C(=O)C(Cc1cnc[nH]1)NC(=O)c1cc(=O)[nH]c(=O)[nH]1. The number of nitrogens with two attached hydrogens (primary N) is 1. The molecule has 1 aliphatic rings. The summed E-state index contributed by atoms with van der Waals surface area (Å²) in [6.07, 6.45) is 3.09. The van der Waals surface area contributed by atoms with E-state index in [0.29, 0.717) is 25.1 Å². The number of carbonyl (C=O) groups excluding carboxylic acids is 2. The van der Waals surface area contributed by atoms with Crippen LogP contribution < -0.4 is 22.3 Å². The second-order valence-electron chi connectivity index (χ2n) is 6.54. The van der Waals surface area contributed by atoms with Gasteiger partial charge in [-0.3, -0.25) is 19.4 Å². The molecule has 3 atom stereocenters. The Morgan fingerprint density at radius 1 is 1.39 bits per heavy atom. The fraction of sp³-hybridized carbons (Fsp3) is 0.438. The third-order valence-corrected chi connectivity index (χ3v) is 4.56. The van der Waals surface area contributed by atoms with Gasteiger partial charge in [0.25, 0.3) is 11.5 Å². The molecule has 3 unspecified atom stereocenters. The van der Waals surface area contributed by atoms with Crippen LogP contribution in [0.25, 0.3) is 0 Å². The lowest BCUT2D eigenvalue weighted by Gasteiger charge is -2.30. The van der Waals surface area contributed by atoms with Gasteiger partial charge in [-0.15, -0.1) is 0 Å². The second-order valence-corrected chi connectivity index (χ2v) is 6.54. The number of rotatable bonds is 6. The summed E-state index contributed by atoms with van der Waals surface area (Å²) < 4.78 is 0. The highest BCUT2D eigenvalue weighted by atomic mass is 16.3. The lowest BCUT2D eigenvalue weighted by atomic mass is 10.1. The van der Waals surface area contributed by atoms with Crippen LogP contribution in [0.5, 0.6) is 0 Å². The van der Waals surface area contributed by atoms with Gasteiger partial charge in [0.15, 0.2) is 0 Å². The van der Waals surface area contributed by atoms with Gasteiger partial charge in [-0.2, -0.15) is 0 Å². The molecule has 1 aliphatic heterocycles. The zero-order valence-electron chi connectivity index (χ0n) is 14.8. The topological polar surface area (TPSA) is 190 Å². The third-order valence-electron chi connectivity index (χ3n) is 4.56. The highest BCUT2D eigenvalue weighted by molar-refractivity contribution is 5.96. The summed E-state index contributed by atoms with van der Waals surface area (Å²) in [5.74, 6) is -1.22. The zero-order chi connectivity index (χ0) is 20.3. The molecule has 0 radical (unpaired) electrons. The first kappa shape index (κ1) is 19.5. The van der Waals surface area contributed by atoms with Gasteiger partial charge in [-0.25, -0.2) is 9.78 Å². The Kier molecular flexibility index (Phi) is 5.70. The molecule has 12 nitrogen and oxygen atoms in total. The molecule has 2 amide bonds. The van der Waals surface area contributed by atoms with Crippen molar-refractivity contribution in [2.24, 2.45) is 5.73 Å². The molecular weight excluding hydrogens is 370 g/mol. The average Bonchev–Trinajstić information content (AvgIpc) is 3.31. The molecule has 0 aromatic carbocycles. The number of amides is 2. The molecule has 3 heterocycles. The molecule has 3 rings (SSSR count). The van der Waals surface area contributed by atoms with Crippen molar-refractivity contribution in [3.05, 3.63) is 50.8 Å². The molecule has 0 saturated carbocycles. The molecule has 2 aromatic rings. The summed E-state index contributed by atoms with van der Waals surface area (Å²) in [4.78, 5) is 60.8. The van der Waals surface area contributed by atoms with Crippen LogP contribution in [-0.2, 0) is 11.2 Å². The first-order valence-electron chi connectivity index (χ1n) is 8.71. The summed E-state index contributed by atoms with van der Waals surface area (Å²) in [5.41, 5.74) is 4.32. The molecule has 0 bridgehead atoms. The van der Waals surface area contributed by atoms with Gasteiger partial charge >= 0.3 is 5.69 Å². The van der Waals surface area contributed by atoms with Crippen LogP contribution in [0.1, 0.15) is 29.0 Å². The predicted molar refractivity (Wildman–Crippen MR) is 96.2 cm³/mol. The average molecular weight is 391 g/mol. The van der Waals surface area contributed by atoms with E-state index in [1.54, 1.807) is 0 Å². The quantitative estimate of drug-likeness (QED) is 0.291. The number of hydrogen-bond acceptors (Lipinski definition) is 7. The molecule has 0 spiro atoms. The van der Waals surface area contributed by atoms with E-state index in [1.165, 1.54) is 17.4 Å². The maximum Gasteiger partial charge on any atom is 0.326 e. The minimum atomic E-state index is -1.20. The van der Waals surface area contributed by atoms with Crippen molar-refractivity contribution in [2.45, 2.75) is 37.6 Å². The van der Waals surface area contributed by atoms with Crippen LogP contribution in [0.2, 0.25) is 0 Å². The van der Waals surface area contributed by atoms with Crippen molar-refractivity contribution in [1.82, 2.24) is 30.2 Å². The lowest BCUT2D eigenvalue weighted by Crippen LogP contribution is -2.55. The zero-order valence-corrected chi connectivity index (χ0v) is 14.8. The Bertz CT molecular complexity index is 921. The van der Waals surface area contributed by atoms with E-state index in [0.717, 1.165) is 6.07 Å². The maximum atomic E-state index is 13.1. The second kappa shape index (κ2) is 8.19. The van der Waals surface area contributed by atoms with Crippen molar-refractivity contribution in [3.8, 4) is 0 Å². The number of aromatic amines is 3. The van der Waals surface area contributed by atoms with Crippen LogP contribution in [0.4, 0.5) is 0 Å². The Hall–Kier alpha value is -3.25. The van der Waals surface area contributed by atoms with Gasteiger partial charge in [0.2, 0.25) is 5.91 Å². The summed E-state index contributed by atoms with van der Waals surface area (Å²) in [5, 5.41) is 12.3. The first-order valence-corrected chi connectivity index (χ1v) is 8.71. The summed E-state index contributed by atoms with van der Waals surface area (Å²) in [6.45, 7) is 0.398. The monoisotopic (exact) mass is 391 g/mol. The van der Waals surface area contributed by atoms with Gasteiger partial charge in [0, 0.05) is 30.9 Å². The number of aliphatic hydroxyl groups is 1. The number of likely N-dealkylation sites (tertiary alicyclic amines) is 1. The van der Waals surface area contributed by atoms with Gasteiger partial charge < -0.3 is 31.0 Å². The number of aromatic nitrogens is 4. The smallest absolute Gasteiger partial charge is 0.326 e. The van der Waals surface area contributed by atoms with Crippen molar-refractivity contribution >= 4 is 11.8 Å². The third kappa shape index (κ3) is 4.35. The summed E-state index contributed by atoms with van der Waals surface area (Å²) >= 11 is 0. The van der Waals surface area contributed by atoms with E-state index in [1.807, 2.05) is 4.98 Å². The van der Waals surface area contributed by atoms with Crippen molar-refractivity contribution < 1.29 is 14.7 Å². The van der Waals surface area contributed by atoms with Crippen LogP contribution in [0, 0.1) is 0 Å². The number of carbonyl (C=O) groups is 2. The molecular formula is C16H21N7O5. The fourth-order valence-electron chi connectivity index (χ4n) is 3.26. The van der Waals surface area contributed by atoms with E-state index < -0.39 is 41.4 Å². The van der Waals surface area contributed by atoms with Crippen molar-refractivity contribution in [3.63, 3.8) is 0 Å². The normalized spacial score (nSPS) is 18.6. The number of aliphatic hydroxyl groups excluding tert-OH is 1. The Labute approximate surface area is 158 Å². The standard InChI is InChI=1S/C16H21N7O5/c17-13(25)11-2-1-3-23(11)15(27)10(4-8-6-18-7-19-8)20-14(26)9-5-12(24)22-16(28)21-9/h5-7,10-11,13,25H,1-4,17H2,(H,18,19)(H,20,26)(H2,21,22,24,28). The number of hydrogen-bond donors (Lipinski definition) is 6. The number of imidazole rings is 1. The van der Waals surface area contributed by atoms with Gasteiger partial charge in [-0.05, 0) is 12.8 Å². The molecule has 7 N–H and O–H groups in total. The number of H-pyrrole nitrogens is 3. The van der Waals surface area contributed by atoms with E-state index in [2.05, 4.69) is 20.3 Å². The van der Waals surface area contributed by atoms with Crippen LogP contribution in [0.3, 0.4) is 0 Å². The Balaban J connectivity index is 1.84. The summed E-state index contributed by atoms with van der Waals surface area (Å²) in [6, 6.07) is -0.639. The van der Waals surface area contributed by atoms with E-state index in [9.17, 15) is 24.3 Å². The first-order chi connectivity index (χ1) is 13.3. The highest BCUT2D eigenvalue weighted by Crippen LogP contribution is 2.20. The van der Waals surface area contributed by atoms with Gasteiger partial charge in [-0.1, -0.05) is 0 Å². The van der Waals surface area contributed by atoms with Crippen molar-refractivity contribution in [2.75, 3.05) is 6.54 Å². The largest absolute Gasteiger partial charge is 0.377 e. The molecule has 150 valence electrons. The highest BCUT2D eigenvalue weighted by Gasteiger charge is 2.36. The molecule has 0 aliphatic carbocycles. The predicted octanol–water partition coefficient (Wildman–Crippen LogP) is -2.60. The minimum Gasteiger partial charge on any atom is -0.377 e. The minimum absolute atomic E-state index is 0.0991. The van der Waals surface area contributed by atoms with Crippen LogP contribution in [-0.4, -0.2) is 66.6 Å².